The summed E-state index contributed by atoms with van der Waals surface area (Å²) >= 11 is 6.62. The van der Waals surface area contributed by atoms with Crippen molar-refractivity contribution in [3.63, 3.8) is 0 Å². The maximum atomic E-state index is 11.8. The molecule has 0 bridgehead atoms. The molecule has 1 aliphatic heterocycles. The summed E-state index contributed by atoms with van der Waals surface area (Å²) in [4.78, 5) is 4.77. The average Bonchev–Trinajstić information content (AvgIpc) is 3.01. The first kappa shape index (κ1) is 14.9. The number of benzene rings is 1. The Hall–Kier alpha value is -1.66. The maximum absolute atomic E-state index is 11.8. The number of hydrogen-bond donors (Lipinski definition) is 0. The fourth-order valence-corrected chi connectivity index (χ4v) is 5.41. The van der Waals surface area contributed by atoms with E-state index in [0.29, 0.717) is 17.1 Å². The molecule has 7 heteroatoms. The third kappa shape index (κ3) is 2.23. The fraction of sp³-hybridized carbons (Fsp3) is 0.375. The van der Waals surface area contributed by atoms with E-state index in [1.165, 1.54) is 0 Å². The highest BCUT2D eigenvalue weighted by Gasteiger charge is 2.32. The molecule has 5 nitrogen and oxygen atoms in total. The summed E-state index contributed by atoms with van der Waals surface area (Å²) in [6.07, 6.45) is 0.573. The molecule has 1 aromatic carbocycles. The Morgan fingerprint density at radius 2 is 2.09 bits per heavy atom. The van der Waals surface area contributed by atoms with Crippen LogP contribution in [0.25, 0.3) is 21.9 Å². The number of nitrogens with zero attached hydrogens (tertiary/aromatic N) is 3. The summed E-state index contributed by atoms with van der Waals surface area (Å²) in [6, 6.07) is 5.74. The molecule has 4 rings (SSSR count). The standard InChI is InChI=1S/C16H16ClN3O2S/c1-9-4-3-5-12-14(17)13-10(2)19-20(16(13)18-15(9)12)11-6-7-23(21,22)8-11/h3-5,11H,6-8H2,1-2H3/t11-/m0/s1. The van der Waals surface area contributed by atoms with Crippen LogP contribution in [0.5, 0.6) is 0 Å². The van der Waals surface area contributed by atoms with Gasteiger partial charge in [0.25, 0.3) is 0 Å². The number of rotatable bonds is 1. The lowest BCUT2D eigenvalue weighted by Crippen LogP contribution is -2.13. The van der Waals surface area contributed by atoms with Crippen LogP contribution in [0.4, 0.5) is 0 Å². The molecular formula is C16H16ClN3O2S. The Morgan fingerprint density at radius 3 is 2.78 bits per heavy atom. The van der Waals surface area contributed by atoms with Crippen LogP contribution in [0.15, 0.2) is 18.2 Å². The second-order valence-corrected chi connectivity index (χ2v) is 8.79. The molecular weight excluding hydrogens is 334 g/mol. The Balaban J connectivity index is 2.04. The van der Waals surface area contributed by atoms with Crippen LogP contribution in [-0.2, 0) is 9.84 Å². The molecule has 0 N–H and O–H groups in total. The number of fused-ring (bicyclic) bond motifs is 2. The minimum atomic E-state index is -2.99. The monoisotopic (exact) mass is 349 g/mol. The SMILES string of the molecule is Cc1cccc2c(Cl)c3c(C)nn([C@H]4CCS(=O)(=O)C4)c3nc12. The quantitative estimate of drug-likeness (QED) is 0.676. The van der Waals surface area contributed by atoms with Gasteiger partial charge in [0.2, 0.25) is 0 Å². The van der Waals surface area contributed by atoms with Crippen LogP contribution < -0.4 is 0 Å². The van der Waals surface area contributed by atoms with Gasteiger partial charge in [-0.15, -0.1) is 0 Å². The highest BCUT2D eigenvalue weighted by atomic mass is 35.5. The molecule has 0 radical (unpaired) electrons. The second-order valence-electron chi connectivity index (χ2n) is 6.18. The van der Waals surface area contributed by atoms with Crippen LogP contribution in [0.2, 0.25) is 5.02 Å². The number of pyridine rings is 1. The van der Waals surface area contributed by atoms with E-state index in [1.807, 2.05) is 32.0 Å². The van der Waals surface area contributed by atoms with E-state index < -0.39 is 9.84 Å². The van der Waals surface area contributed by atoms with E-state index >= 15 is 0 Å². The summed E-state index contributed by atoms with van der Waals surface area (Å²) in [5.41, 5.74) is 3.34. The van der Waals surface area contributed by atoms with E-state index in [0.717, 1.165) is 27.5 Å². The Morgan fingerprint density at radius 1 is 1.30 bits per heavy atom. The van der Waals surface area contributed by atoms with Gasteiger partial charge in [-0.05, 0) is 25.8 Å². The van der Waals surface area contributed by atoms with Crippen molar-refractivity contribution < 1.29 is 8.42 Å². The average molecular weight is 350 g/mol. The first-order valence-corrected chi connectivity index (χ1v) is 9.71. The maximum Gasteiger partial charge on any atom is 0.160 e. The van der Waals surface area contributed by atoms with Crippen molar-refractivity contribution in [3.05, 3.63) is 34.5 Å². The van der Waals surface area contributed by atoms with Gasteiger partial charge in [-0.1, -0.05) is 29.8 Å². The van der Waals surface area contributed by atoms with Gasteiger partial charge in [-0.2, -0.15) is 5.10 Å². The molecule has 2 aromatic heterocycles. The lowest BCUT2D eigenvalue weighted by atomic mass is 10.1. The number of sulfone groups is 1. The van der Waals surface area contributed by atoms with Crippen LogP contribution in [0.3, 0.4) is 0 Å². The summed E-state index contributed by atoms with van der Waals surface area (Å²) in [7, 11) is -2.99. The summed E-state index contributed by atoms with van der Waals surface area (Å²) in [5.74, 6) is 0.326. The Bertz CT molecular complexity index is 1060. The normalized spacial score (nSPS) is 20.6. The van der Waals surface area contributed by atoms with Gasteiger partial charge >= 0.3 is 0 Å². The molecule has 1 saturated heterocycles. The van der Waals surface area contributed by atoms with E-state index in [9.17, 15) is 8.42 Å². The molecule has 0 unspecified atom stereocenters. The van der Waals surface area contributed by atoms with Gasteiger partial charge in [-0.3, -0.25) is 0 Å². The molecule has 3 heterocycles. The van der Waals surface area contributed by atoms with Crippen molar-refractivity contribution in [3.8, 4) is 0 Å². The summed E-state index contributed by atoms with van der Waals surface area (Å²) in [5, 5.41) is 6.91. The largest absolute Gasteiger partial charge is 0.243 e. The first-order chi connectivity index (χ1) is 10.9. The van der Waals surface area contributed by atoms with E-state index in [2.05, 4.69) is 5.10 Å². The predicted molar refractivity (Wildman–Crippen MR) is 91.8 cm³/mol. The molecule has 1 fully saturated rings. The fourth-order valence-electron chi connectivity index (χ4n) is 3.35. The van der Waals surface area contributed by atoms with Gasteiger partial charge in [0.05, 0.1) is 39.2 Å². The van der Waals surface area contributed by atoms with Gasteiger partial charge in [0.15, 0.2) is 15.5 Å². The lowest BCUT2D eigenvalue weighted by Gasteiger charge is -2.11. The molecule has 0 amide bonds. The number of aromatic nitrogens is 3. The van der Waals surface area contributed by atoms with Crippen molar-refractivity contribution in [2.24, 2.45) is 0 Å². The smallest absolute Gasteiger partial charge is 0.160 e. The molecule has 120 valence electrons. The van der Waals surface area contributed by atoms with Crippen molar-refractivity contribution in [1.82, 2.24) is 14.8 Å². The lowest BCUT2D eigenvalue weighted by molar-refractivity contribution is 0.509. The summed E-state index contributed by atoms with van der Waals surface area (Å²) in [6.45, 7) is 3.88. The van der Waals surface area contributed by atoms with Crippen molar-refractivity contribution in [2.75, 3.05) is 11.5 Å². The van der Waals surface area contributed by atoms with Crippen molar-refractivity contribution in [1.29, 1.82) is 0 Å². The number of aryl methyl sites for hydroxylation is 2. The van der Waals surface area contributed by atoms with E-state index in [4.69, 9.17) is 16.6 Å². The van der Waals surface area contributed by atoms with Gasteiger partial charge in [0.1, 0.15) is 0 Å². The Labute approximate surface area is 139 Å². The first-order valence-electron chi connectivity index (χ1n) is 7.51. The van der Waals surface area contributed by atoms with E-state index in [1.54, 1.807) is 4.68 Å². The van der Waals surface area contributed by atoms with Crippen LogP contribution in [0, 0.1) is 13.8 Å². The van der Waals surface area contributed by atoms with Gasteiger partial charge in [0, 0.05) is 5.39 Å². The Kier molecular flexibility index (Phi) is 3.19. The molecule has 0 aliphatic carbocycles. The predicted octanol–water partition coefficient (Wildman–Crippen LogP) is 3.21. The zero-order valence-electron chi connectivity index (χ0n) is 12.9. The number of hydrogen-bond acceptors (Lipinski definition) is 4. The summed E-state index contributed by atoms with van der Waals surface area (Å²) < 4.78 is 25.4. The minimum absolute atomic E-state index is 0.119. The molecule has 23 heavy (non-hydrogen) atoms. The van der Waals surface area contributed by atoms with Crippen LogP contribution >= 0.6 is 11.6 Å². The van der Waals surface area contributed by atoms with E-state index in [-0.39, 0.29) is 17.5 Å². The zero-order chi connectivity index (χ0) is 16.4. The highest BCUT2D eigenvalue weighted by Crippen LogP contribution is 2.36. The topological polar surface area (TPSA) is 64.8 Å². The second kappa shape index (κ2) is 4.92. The van der Waals surface area contributed by atoms with Crippen molar-refractivity contribution >= 4 is 43.4 Å². The van der Waals surface area contributed by atoms with Gasteiger partial charge < -0.3 is 0 Å². The molecule has 0 spiro atoms. The third-order valence-electron chi connectivity index (χ3n) is 4.53. The third-order valence-corrected chi connectivity index (χ3v) is 6.67. The number of para-hydroxylation sites is 1. The highest BCUT2D eigenvalue weighted by molar-refractivity contribution is 7.91. The molecule has 1 aliphatic rings. The van der Waals surface area contributed by atoms with Crippen LogP contribution in [-0.4, -0.2) is 34.7 Å². The molecule has 1 atom stereocenters. The number of halogens is 1. The van der Waals surface area contributed by atoms with Crippen molar-refractivity contribution in [2.45, 2.75) is 26.3 Å². The molecule has 3 aromatic rings. The van der Waals surface area contributed by atoms with Gasteiger partial charge in [-0.25, -0.2) is 18.1 Å². The van der Waals surface area contributed by atoms with Crippen LogP contribution in [0.1, 0.15) is 23.7 Å². The molecule has 0 saturated carbocycles. The minimum Gasteiger partial charge on any atom is -0.243 e. The zero-order valence-corrected chi connectivity index (χ0v) is 14.4.